The highest BCUT2D eigenvalue weighted by Gasteiger charge is 2.22. The van der Waals surface area contributed by atoms with Gasteiger partial charge < -0.3 is 44.9 Å². The van der Waals surface area contributed by atoms with E-state index in [0.29, 0.717) is 51.9 Å². The zero-order valence-electron chi connectivity index (χ0n) is 28.3. The summed E-state index contributed by atoms with van der Waals surface area (Å²) in [6.45, 7) is 13.2. The first-order chi connectivity index (χ1) is 21.0. The van der Waals surface area contributed by atoms with Crippen molar-refractivity contribution < 1.29 is 43.2 Å². The van der Waals surface area contributed by atoms with Gasteiger partial charge in [0.25, 0.3) is 5.91 Å². The Hall–Kier alpha value is -3.74. The smallest absolute Gasteiger partial charge is 0.407 e. The number of aromatic carboxylic acids is 1. The minimum absolute atomic E-state index is 0.107. The number of alkyl carbamates (subject to hydrolysis) is 2. The molecule has 0 spiro atoms. The third-order valence-corrected chi connectivity index (χ3v) is 5.90. The molecule has 13 heteroatoms. The maximum absolute atomic E-state index is 13.0. The number of carbonyl (C=O) groups is 4. The van der Waals surface area contributed by atoms with Gasteiger partial charge in [-0.15, -0.1) is 0 Å². The highest BCUT2D eigenvalue weighted by Crippen LogP contribution is 2.30. The van der Waals surface area contributed by atoms with Crippen molar-refractivity contribution in [2.75, 3.05) is 53.5 Å². The molecule has 0 fully saturated rings. The first-order valence-corrected chi connectivity index (χ1v) is 15.5. The van der Waals surface area contributed by atoms with Gasteiger partial charge >= 0.3 is 18.2 Å². The molecule has 1 aromatic carbocycles. The van der Waals surface area contributed by atoms with E-state index in [1.807, 2.05) is 19.0 Å². The lowest BCUT2D eigenvalue weighted by Crippen LogP contribution is -2.33. The van der Waals surface area contributed by atoms with E-state index in [0.717, 1.165) is 12.8 Å². The predicted molar refractivity (Wildman–Crippen MR) is 171 cm³/mol. The summed E-state index contributed by atoms with van der Waals surface area (Å²) in [4.78, 5) is 50.6. The third kappa shape index (κ3) is 18.6. The van der Waals surface area contributed by atoms with Gasteiger partial charge in [-0.2, -0.15) is 0 Å². The van der Waals surface area contributed by atoms with Gasteiger partial charge in [-0.05, 0) is 100 Å². The molecule has 1 aromatic rings. The van der Waals surface area contributed by atoms with Gasteiger partial charge in [0.1, 0.15) is 28.3 Å². The standard InChI is InChI=1S/C32H54N4O9/c1-31(2,3)44-29(40)34-15-11-9-13-19-42-25-22-26(43-20-14-10-12-16-35-30(41)45-32(4,5)6)24(28(38)39)21-23(25)27(37)33-17-18-36(7)8/h21-22H,9-20H2,1-8H3,(H,33,37)(H,34,40)(H,35,41)(H,38,39). The van der Waals surface area contributed by atoms with Crippen molar-refractivity contribution in [1.82, 2.24) is 20.9 Å². The van der Waals surface area contributed by atoms with Crippen molar-refractivity contribution in [3.63, 3.8) is 0 Å². The Morgan fingerprint density at radius 1 is 0.667 bits per heavy atom. The molecule has 0 radical (unpaired) electrons. The summed E-state index contributed by atoms with van der Waals surface area (Å²) in [5, 5.41) is 18.1. The molecule has 0 aromatic heterocycles. The Morgan fingerprint density at radius 3 is 1.56 bits per heavy atom. The van der Waals surface area contributed by atoms with Crippen LogP contribution in [0.25, 0.3) is 0 Å². The van der Waals surface area contributed by atoms with Crippen LogP contribution >= 0.6 is 0 Å². The summed E-state index contributed by atoms with van der Waals surface area (Å²) in [7, 11) is 3.77. The molecular formula is C32H54N4O9. The Morgan fingerprint density at radius 2 is 1.13 bits per heavy atom. The van der Waals surface area contributed by atoms with Crippen molar-refractivity contribution in [1.29, 1.82) is 0 Å². The number of hydrogen-bond acceptors (Lipinski definition) is 9. The van der Waals surface area contributed by atoms with Crippen molar-refractivity contribution in [2.24, 2.45) is 0 Å². The summed E-state index contributed by atoms with van der Waals surface area (Å²) in [6, 6.07) is 2.74. The predicted octanol–water partition coefficient (Wildman–Crippen LogP) is 4.82. The molecule has 256 valence electrons. The van der Waals surface area contributed by atoms with Gasteiger partial charge in [0, 0.05) is 32.2 Å². The van der Waals surface area contributed by atoms with E-state index < -0.39 is 35.3 Å². The van der Waals surface area contributed by atoms with E-state index in [4.69, 9.17) is 18.9 Å². The number of rotatable bonds is 19. The van der Waals surface area contributed by atoms with Crippen molar-refractivity contribution in [3.05, 3.63) is 23.3 Å². The van der Waals surface area contributed by atoms with Crippen LogP contribution in [0.5, 0.6) is 11.5 Å². The second-order valence-corrected chi connectivity index (χ2v) is 12.9. The minimum Gasteiger partial charge on any atom is -0.493 e. The van der Waals surface area contributed by atoms with Crippen LogP contribution in [0, 0.1) is 0 Å². The first kappa shape index (κ1) is 39.3. The fourth-order valence-corrected chi connectivity index (χ4v) is 3.81. The van der Waals surface area contributed by atoms with E-state index in [2.05, 4.69) is 16.0 Å². The molecule has 0 saturated heterocycles. The second kappa shape index (κ2) is 19.6. The number of likely N-dealkylation sites (N-methyl/N-ethyl adjacent to an activating group) is 1. The van der Waals surface area contributed by atoms with Gasteiger partial charge in [0.05, 0.1) is 18.8 Å². The average Bonchev–Trinajstić information content (AvgIpc) is 2.89. The van der Waals surface area contributed by atoms with Crippen molar-refractivity contribution in [3.8, 4) is 11.5 Å². The number of carboxylic acid groups (broad SMARTS) is 1. The lowest BCUT2D eigenvalue weighted by molar-refractivity contribution is 0.0515. The van der Waals surface area contributed by atoms with E-state index in [1.165, 1.54) is 12.1 Å². The molecule has 0 heterocycles. The number of carboxylic acids is 1. The topological polar surface area (TPSA) is 165 Å². The van der Waals surface area contributed by atoms with Crippen LogP contribution in [0.15, 0.2) is 12.1 Å². The number of ether oxygens (including phenoxy) is 4. The SMILES string of the molecule is CN(C)CCNC(=O)c1cc(C(=O)O)c(OCCCCCNC(=O)OC(C)(C)C)cc1OCCCCCNC(=O)OC(C)(C)C. The van der Waals surface area contributed by atoms with Gasteiger partial charge in [-0.25, -0.2) is 14.4 Å². The monoisotopic (exact) mass is 638 g/mol. The van der Waals surface area contributed by atoms with Crippen LogP contribution in [-0.2, 0) is 9.47 Å². The number of unbranched alkanes of at least 4 members (excludes halogenated alkanes) is 4. The summed E-state index contributed by atoms with van der Waals surface area (Å²) >= 11 is 0. The number of benzene rings is 1. The first-order valence-electron chi connectivity index (χ1n) is 15.5. The van der Waals surface area contributed by atoms with E-state index in [9.17, 15) is 24.3 Å². The molecule has 13 nitrogen and oxygen atoms in total. The Labute approximate surface area is 267 Å². The van der Waals surface area contributed by atoms with Gasteiger partial charge in [-0.3, -0.25) is 4.79 Å². The molecule has 0 aliphatic carbocycles. The second-order valence-electron chi connectivity index (χ2n) is 12.9. The van der Waals surface area contributed by atoms with E-state index in [1.54, 1.807) is 41.5 Å². The molecule has 0 aliphatic rings. The van der Waals surface area contributed by atoms with Crippen LogP contribution < -0.4 is 25.4 Å². The van der Waals surface area contributed by atoms with Crippen LogP contribution in [0.2, 0.25) is 0 Å². The molecule has 3 amide bonds. The van der Waals surface area contributed by atoms with Crippen molar-refractivity contribution >= 4 is 24.1 Å². The summed E-state index contributed by atoms with van der Waals surface area (Å²) in [6.07, 6.45) is 3.22. The Bertz CT molecular complexity index is 1100. The molecular weight excluding hydrogens is 584 g/mol. The Balaban J connectivity index is 2.78. The van der Waals surface area contributed by atoms with E-state index in [-0.39, 0.29) is 35.8 Å². The minimum atomic E-state index is -1.22. The quantitative estimate of drug-likeness (QED) is 0.154. The fraction of sp³-hybridized carbons (Fsp3) is 0.688. The third-order valence-electron chi connectivity index (χ3n) is 5.90. The van der Waals surface area contributed by atoms with Crippen LogP contribution in [0.3, 0.4) is 0 Å². The molecule has 4 N–H and O–H groups in total. The summed E-state index contributed by atoms with van der Waals surface area (Å²) in [5.74, 6) is -1.33. The molecule has 0 aliphatic heterocycles. The van der Waals surface area contributed by atoms with Crippen LogP contribution in [0.4, 0.5) is 9.59 Å². The van der Waals surface area contributed by atoms with Gasteiger partial charge in [0.15, 0.2) is 0 Å². The van der Waals surface area contributed by atoms with Crippen LogP contribution in [0.1, 0.15) is 101 Å². The summed E-state index contributed by atoms with van der Waals surface area (Å²) in [5.41, 5.74) is -1.16. The zero-order valence-corrected chi connectivity index (χ0v) is 28.3. The number of carbonyl (C=O) groups excluding carboxylic acids is 3. The van der Waals surface area contributed by atoms with Gasteiger partial charge in [0.2, 0.25) is 0 Å². The number of hydrogen-bond donors (Lipinski definition) is 4. The van der Waals surface area contributed by atoms with Crippen molar-refractivity contribution in [2.45, 2.75) is 91.3 Å². The maximum atomic E-state index is 13.0. The largest absolute Gasteiger partial charge is 0.493 e. The maximum Gasteiger partial charge on any atom is 0.407 e. The fourth-order valence-electron chi connectivity index (χ4n) is 3.81. The normalized spacial score (nSPS) is 11.5. The highest BCUT2D eigenvalue weighted by molar-refractivity contribution is 6.01. The van der Waals surface area contributed by atoms with E-state index >= 15 is 0 Å². The number of nitrogens with one attached hydrogen (secondary N) is 3. The lowest BCUT2D eigenvalue weighted by Gasteiger charge is -2.19. The highest BCUT2D eigenvalue weighted by atomic mass is 16.6. The van der Waals surface area contributed by atoms with Gasteiger partial charge in [-0.1, -0.05) is 0 Å². The zero-order chi connectivity index (χ0) is 34.0. The summed E-state index contributed by atoms with van der Waals surface area (Å²) < 4.78 is 22.2. The molecule has 45 heavy (non-hydrogen) atoms. The number of nitrogens with zero attached hydrogens (tertiary/aromatic N) is 1. The van der Waals surface area contributed by atoms with Crippen LogP contribution in [-0.4, -0.2) is 98.8 Å². The lowest BCUT2D eigenvalue weighted by atomic mass is 10.1. The molecule has 0 unspecified atom stereocenters. The average molecular weight is 639 g/mol. The molecule has 1 rings (SSSR count). The molecule has 0 bridgehead atoms. The molecule has 0 atom stereocenters. The molecule has 0 saturated carbocycles. The Kier molecular flexibility index (Phi) is 17.1. The number of amides is 3.